The maximum Gasteiger partial charge on any atom is 0.132 e. The molecule has 0 aliphatic carbocycles. The quantitative estimate of drug-likeness (QED) is 0.565. The third-order valence-electron chi connectivity index (χ3n) is 4.64. The summed E-state index contributed by atoms with van der Waals surface area (Å²) in [6.45, 7) is 8.26. The lowest BCUT2D eigenvalue weighted by atomic mass is 9.83. The minimum atomic E-state index is -0.450. The fraction of sp³-hybridized carbons (Fsp3) is 0.550. The highest BCUT2D eigenvalue weighted by atomic mass is 16.5. The van der Waals surface area contributed by atoms with Gasteiger partial charge in [0.2, 0.25) is 0 Å². The molecule has 0 fully saturated rings. The van der Waals surface area contributed by atoms with Crippen LogP contribution in [0.4, 0.5) is 0 Å². The number of ether oxygens (including phenoxy) is 1. The maximum absolute atomic E-state index is 10.7. The van der Waals surface area contributed by atoms with E-state index in [1.165, 1.54) is 12.8 Å². The second kappa shape index (κ2) is 7.20. The molecule has 0 saturated heterocycles. The number of phenols is 1. The highest BCUT2D eigenvalue weighted by Crippen LogP contribution is 2.46. The zero-order chi connectivity index (χ0) is 17.0. The molecule has 0 radical (unpaired) electrons. The van der Waals surface area contributed by atoms with Gasteiger partial charge in [-0.25, -0.2) is 0 Å². The lowest BCUT2D eigenvalue weighted by molar-refractivity contribution is -0.107. The van der Waals surface area contributed by atoms with E-state index in [4.69, 9.17) is 4.74 Å². The van der Waals surface area contributed by atoms with Crippen LogP contribution < -0.4 is 4.74 Å². The second-order valence-electron chi connectivity index (χ2n) is 6.87. The number of hydrogen-bond acceptors (Lipinski definition) is 3. The lowest BCUT2D eigenvalue weighted by Crippen LogP contribution is -2.34. The number of rotatable bonds is 7. The molecule has 1 aromatic rings. The fourth-order valence-electron chi connectivity index (χ4n) is 3.47. The first-order valence-electron chi connectivity index (χ1n) is 8.59. The molecule has 0 spiro atoms. The molecule has 126 valence electrons. The first kappa shape index (κ1) is 17.6. The topological polar surface area (TPSA) is 46.5 Å². The molecule has 0 aromatic heterocycles. The highest BCUT2D eigenvalue weighted by molar-refractivity contribution is 5.79. The minimum Gasteiger partial charge on any atom is -0.507 e. The Labute approximate surface area is 139 Å². The average Bonchev–Trinajstić information content (AvgIpc) is 2.45. The van der Waals surface area contributed by atoms with Crippen molar-refractivity contribution in [3.05, 3.63) is 28.8 Å². The van der Waals surface area contributed by atoms with Gasteiger partial charge in [0.25, 0.3) is 0 Å². The Morgan fingerprint density at radius 2 is 1.96 bits per heavy atom. The van der Waals surface area contributed by atoms with Crippen molar-refractivity contribution in [2.24, 2.45) is 0 Å². The van der Waals surface area contributed by atoms with E-state index < -0.39 is 5.60 Å². The summed E-state index contributed by atoms with van der Waals surface area (Å²) in [7, 11) is 0. The van der Waals surface area contributed by atoms with Crippen LogP contribution >= 0.6 is 0 Å². The molecule has 0 saturated carbocycles. The molecule has 0 bridgehead atoms. The van der Waals surface area contributed by atoms with E-state index in [0.717, 1.165) is 47.2 Å². The average molecular weight is 316 g/mol. The number of unbranched alkanes of at least 4 members (excludes halogenated alkanes) is 2. The molecule has 0 amide bonds. The van der Waals surface area contributed by atoms with E-state index in [-0.39, 0.29) is 5.75 Å². The summed E-state index contributed by atoms with van der Waals surface area (Å²) in [6, 6.07) is 3.92. The lowest BCUT2D eigenvalue weighted by Gasteiger charge is -2.37. The smallest absolute Gasteiger partial charge is 0.132 e. The Hall–Kier alpha value is -1.77. The number of allylic oxidation sites excluding steroid dienone is 1. The van der Waals surface area contributed by atoms with Gasteiger partial charge in [0, 0.05) is 6.42 Å². The van der Waals surface area contributed by atoms with Crippen LogP contribution in [-0.4, -0.2) is 17.0 Å². The van der Waals surface area contributed by atoms with Gasteiger partial charge in [-0.05, 0) is 68.9 Å². The molecule has 1 aromatic carbocycles. The van der Waals surface area contributed by atoms with Gasteiger partial charge < -0.3 is 14.6 Å². The van der Waals surface area contributed by atoms with Gasteiger partial charge in [-0.3, -0.25) is 0 Å². The zero-order valence-corrected chi connectivity index (χ0v) is 14.7. The Morgan fingerprint density at radius 3 is 2.61 bits per heavy atom. The van der Waals surface area contributed by atoms with Crippen LogP contribution in [0.15, 0.2) is 17.7 Å². The van der Waals surface area contributed by atoms with Gasteiger partial charge in [0.15, 0.2) is 0 Å². The largest absolute Gasteiger partial charge is 0.507 e. The molecule has 1 N–H and O–H groups in total. The van der Waals surface area contributed by atoms with Crippen molar-refractivity contribution >= 4 is 11.9 Å². The summed E-state index contributed by atoms with van der Waals surface area (Å²) in [5, 5.41) is 10.5. The van der Waals surface area contributed by atoms with E-state index >= 15 is 0 Å². The van der Waals surface area contributed by atoms with Crippen LogP contribution in [-0.2, 0) is 11.2 Å². The molecular weight excluding hydrogens is 288 g/mol. The van der Waals surface area contributed by atoms with Gasteiger partial charge in [-0.2, -0.15) is 0 Å². The van der Waals surface area contributed by atoms with Crippen LogP contribution in [0, 0.1) is 0 Å². The normalized spacial score (nSPS) is 16.0. The summed E-state index contributed by atoms with van der Waals surface area (Å²) in [6.07, 6.45) is 6.53. The van der Waals surface area contributed by atoms with Crippen molar-refractivity contribution in [3.63, 3.8) is 0 Å². The van der Waals surface area contributed by atoms with Crippen molar-refractivity contribution in [3.8, 4) is 11.5 Å². The van der Waals surface area contributed by atoms with Crippen molar-refractivity contribution in [2.75, 3.05) is 0 Å². The van der Waals surface area contributed by atoms with Crippen LogP contribution in [0.1, 0.15) is 70.9 Å². The zero-order valence-electron chi connectivity index (χ0n) is 14.7. The Morgan fingerprint density at radius 1 is 1.22 bits per heavy atom. The van der Waals surface area contributed by atoms with Crippen LogP contribution in [0.25, 0.3) is 5.57 Å². The molecule has 0 atom stereocenters. The minimum absolute atomic E-state index is 0.283. The molecular formula is C20H28O3. The number of fused-ring (bicyclic) bond motifs is 1. The molecule has 23 heavy (non-hydrogen) atoms. The summed E-state index contributed by atoms with van der Waals surface area (Å²) in [4.78, 5) is 10.7. The van der Waals surface area contributed by atoms with E-state index in [2.05, 4.69) is 13.0 Å². The number of aldehydes is 1. The molecule has 0 unspecified atom stereocenters. The van der Waals surface area contributed by atoms with Gasteiger partial charge in [0.1, 0.15) is 23.4 Å². The summed E-state index contributed by atoms with van der Waals surface area (Å²) < 4.78 is 6.19. The van der Waals surface area contributed by atoms with E-state index in [9.17, 15) is 9.90 Å². The Balaban J connectivity index is 2.40. The van der Waals surface area contributed by atoms with Crippen molar-refractivity contribution in [1.82, 2.24) is 0 Å². The number of phenolic OH excluding ortho intramolecular Hbond substituents is 1. The van der Waals surface area contributed by atoms with Gasteiger partial charge in [0.05, 0.1) is 5.56 Å². The first-order valence-corrected chi connectivity index (χ1v) is 8.59. The fourth-order valence-corrected chi connectivity index (χ4v) is 3.47. The van der Waals surface area contributed by atoms with Crippen LogP contribution in [0.3, 0.4) is 0 Å². The van der Waals surface area contributed by atoms with Crippen molar-refractivity contribution < 1.29 is 14.6 Å². The molecule has 1 aliphatic rings. The maximum atomic E-state index is 10.7. The number of benzene rings is 1. The number of carbonyl (C=O) groups is 1. The molecule has 1 heterocycles. The Bertz CT molecular complexity index is 612. The third kappa shape index (κ3) is 3.77. The highest BCUT2D eigenvalue weighted by Gasteiger charge is 2.34. The Kier molecular flexibility index (Phi) is 5.51. The number of carbonyl (C=O) groups excluding carboxylic acids is 1. The van der Waals surface area contributed by atoms with Crippen molar-refractivity contribution in [1.29, 1.82) is 0 Å². The van der Waals surface area contributed by atoms with Crippen molar-refractivity contribution in [2.45, 2.75) is 71.8 Å². The number of aryl methyl sites for hydroxylation is 1. The first-order chi connectivity index (χ1) is 10.9. The SMILES string of the molecule is CCCCCc1cc(O)c2c(c1)OC(C)(C)C(CCC=O)=C2C. The van der Waals surface area contributed by atoms with Crippen LogP contribution in [0.5, 0.6) is 11.5 Å². The summed E-state index contributed by atoms with van der Waals surface area (Å²) in [5.41, 5.74) is 3.58. The van der Waals surface area contributed by atoms with E-state index in [0.29, 0.717) is 12.8 Å². The molecule has 2 rings (SSSR count). The number of hydrogen-bond donors (Lipinski definition) is 1. The standard InChI is InChI=1S/C20H28O3/c1-5-6-7-9-15-12-17(22)19-14(2)16(10-8-11-21)20(3,4)23-18(19)13-15/h11-13,22H,5-10H2,1-4H3. The monoisotopic (exact) mass is 316 g/mol. The van der Waals surface area contributed by atoms with Gasteiger partial charge in [-0.15, -0.1) is 0 Å². The number of aromatic hydroxyl groups is 1. The van der Waals surface area contributed by atoms with Gasteiger partial charge in [-0.1, -0.05) is 19.8 Å². The van der Waals surface area contributed by atoms with Crippen LogP contribution in [0.2, 0.25) is 0 Å². The predicted molar refractivity (Wildman–Crippen MR) is 93.9 cm³/mol. The van der Waals surface area contributed by atoms with E-state index in [1.807, 2.05) is 26.8 Å². The predicted octanol–water partition coefficient (Wildman–Crippen LogP) is 5.05. The molecule has 1 aliphatic heterocycles. The summed E-state index contributed by atoms with van der Waals surface area (Å²) >= 11 is 0. The second-order valence-corrected chi connectivity index (χ2v) is 6.87. The molecule has 3 nitrogen and oxygen atoms in total. The summed E-state index contributed by atoms with van der Waals surface area (Å²) in [5.74, 6) is 1.04. The van der Waals surface area contributed by atoms with E-state index in [1.54, 1.807) is 0 Å². The third-order valence-corrected chi connectivity index (χ3v) is 4.64. The van der Waals surface area contributed by atoms with Gasteiger partial charge >= 0.3 is 0 Å². The molecule has 3 heteroatoms.